The van der Waals surface area contributed by atoms with Gasteiger partial charge in [0, 0.05) is 33.9 Å². The van der Waals surface area contributed by atoms with E-state index in [-0.39, 0.29) is 22.9 Å². The molecule has 0 amide bonds. The summed E-state index contributed by atoms with van der Waals surface area (Å²) in [6, 6.07) is 8.87. The standard InChI is InChI=1S/C20H19Cl2N3O2/c1-10(2)9-25-11(3)7-15-18(20(25)26)16(12(8-23)19(24)27-15)17-13(21)5-4-6-14(17)22/h4-7,10,16H,9,24H2,1-3H3. The predicted molar refractivity (Wildman–Crippen MR) is 106 cm³/mol. The van der Waals surface area contributed by atoms with Crippen molar-refractivity contribution in [1.82, 2.24) is 4.57 Å². The van der Waals surface area contributed by atoms with Crippen LogP contribution >= 0.6 is 23.2 Å². The molecule has 27 heavy (non-hydrogen) atoms. The third-order valence-electron chi connectivity index (χ3n) is 4.53. The van der Waals surface area contributed by atoms with Gasteiger partial charge in [-0.15, -0.1) is 0 Å². The van der Waals surface area contributed by atoms with Crippen molar-refractivity contribution in [2.75, 3.05) is 0 Å². The molecule has 5 nitrogen and oxygen atoms in total. The van der Waals surface area contributed by atoms with Gasteiger partial charge in [-0.2, -0.15) is 5.26 Å². The summed E-state index contributed by atoms with van der Waals surface area (Å²) in [6.45, 7) is 6.44. The number of halogens is 2. The monoisotopic (exact) mass is 403 g/mol. The second-order valence-corrected chi connectivity index (χ2v) is 7.75. The van der Waals surface area contributed by atoms with E-state index in [0.717, 1.165) is 5.69 Å². The molecule has 2 heterocycles. The quantitative estimate of drug-likeness (QED) is 0.825. The number of fused-ring (bicyclic) bond motifs is 1. The zero-order valence-electron chi connectivity index (χ0n) is 15.2. The Morgan fingerprint density at radius 2 is 1.93 bits per heavy atom. The summed E-state index contributed by atoms with van der Waals surface area (Å²) in [4.78, 5) is 13.4. The third kappa shape index (κ3) is 3.31. The number of pyridine rings is 1. The van der Waals surface area contributed by atoms with Gasteiger partial charge in [0.1, 0.15) is 17.4 Å². The van der Waals surface area contributed by atoms with Crippen LogP contribution in [0.5, 0.6) is 5.75 Å². The van der Waals surface area contributed by atoms with Gasteiger partial charge in [-0.3, -0.25) is 4.79 Å². The fourth-order valence-electron chi connectivity index (χ4n) is 3.35. The number of nitrogens with zero attached hydrogens (tertiary/aromatic N) is 2. The minimum absolute atomic E-state index is 0.0496. The number of aromatic nitrogens is 1. The number of ether oxygens (including phenoxy) is 1. The summed E-state index contributed by atoms with van der Waals surface area (Å²) in [5.41, 5.74) is 7.42. The molecule has 1 atom stereocenters. The lowest BCUT2D eigenvalue weighted by Gasteiger charge is -2.28. The molecule has 0 radical (unpaired) electrons. The number of aryl methyl sites for hydroxylation is 1. The lowest BCUT2D eigenvalue weighted by atomic mass is 9.84. The summed E-state index contributed by atoms with van der Waals surface area (Å²) >= 11 is 12.8. The summed E-state index contributed by atoms with van der Waals surface area (Å²) in [6.07, 6.45) is 0. The number of nitriles is 1. The Morgan fingerprint density at radius 3 is 2.48 bits per heavy atom. The molecule has 1 aromatic heterocycles. The number of benzene rings is 1. The van der Waals surface area contributed by atoms with Gasteiger partial charge in [-0.05, 0) is 25.0 Å². The molecule has 140 valence electrons. The fraction of sp³-hybridized carbons (Fsp3) is 0.300. The van der Waals surface area contributed by atoms with E-state index < -0.39 is 5.92 Å². The van der Waals surface area contributed by atoms with Crippen LogP contribution in [-0.4, -0.2) is 4.57 Å². The first-order valence-electron chi connectivity index (χ1n) is 8.52. The molecule has 1 aliphatic rings. The molecule has 1 unspecified atom stereocenters. The molecule has 0 aliphatic carbocycles. The highest BCUT2D eigenvalue weighted by molar-refractivity contribution is 6.36. The third-order valence-corrected chi connectivity index (χ3v) is 5.19. The maximum Gasteiger partial charge on any atom is 0.258 e. The molecule has 0 saturated carbocycles. The Morgan fingerprint density at radius 1 is 1.30 bits per heavy atom. The van der Waals surface area contributed by atoms with Crippen LogP contribution in [0.1, 0.15) is 36.6 Å². The van der Waals surface area contributed by atoms with Gasteiger partial charge in [-0.1, -0.05) is 43.1 Å². The molecule has 0 saturated heterocycles. The molecule has 1 aromatic carbocycles. The maximum absolute atomic E-state index is 13.4. The van der Waals surface area contributed by atoms with Crippen LogP contribution in [0, 0.1) is 24.2 Å². The van der Waals surface area contributed by atoms with E-state index in [0.29, 0.717) is 33.5 Å². The van der Waals surface area contributed by atoms with Crippen LogP contribution in [0.4, 0.5) is 0 Å². The predicted octanol–water partition coefficient (Wildman–Crippen LogP) is 4.34. The average Bonchev–Trinajstić information content (AvgIpc) is 2.58. The SMILES string of the molecule is Cc1cc2c(c(=O)n1CC(C)C)C(c1c(Cl)cccc1Cl)C(C#N)=C(N)O2. The lowest BCUT2D eigenvalue weighted by Crippen LogP contribution is -2.33. The average molecular weight is 404 g/mol. The maximum atomic E-state index is 13.4. The van der Waals surface area contributed by atoms with Crippen molar-refractivity contribution in [2.24, 2.45) is 11.7 Å². The number of nitrogens with two attached hydrogens (primary N) is 1. The second-order valence-electron chi connectivity index (χ2n) is 6.93. The highest BCUT2D eigenvalue weighted by Gasteiger charge is 2.36. The number of allylic oxidation sites excluding steroid dienone is 1. The normalized spacial score (nSPS) is 16.1. The molecular weight excluding hydrogens is 385 g/mol. The smallest absolute Gasteiger partial charge is 0.258 e. The van der Waals surface area contributed by atoms with Gasteiger partial charge in [0.25, 0.3) is 5.56 Å². The summed E-state index contributed by atoms with van der Waals surface area (Å²) in [5.74, 6) is -0.241. The topological polar surface area (TPSA) is 81.0 Å². The molecule has 7 heteroatoms. The second kappa shape index (κ2) is 7.30. The first-order valence-corrected chi connectivity index (χ1v) is 9.27. The molecule has 0 fully saturated rings. The van der Waals surface area contributed by atoms with E-state index in [9.17, 15) is 10.1 Å². The Bertz CT molecular complexity index is 1030. The van der Waals surface area contributed by atoms with Crippen LogP contribution in [0.3, 0.4) is 0 Å². The van der Waals surface area contributed by atoms with Crippen molar-refractivity contribution in [3.63, 3.8) is 0 Å². The van der Waals surface area contributed by atoms with Crippen LogP contribution < -0.4 is 16.0 Å². The molecule has 0 bridgehead atoms. The van der Waals surface area contributed by atoms with E-state index in [1.54, 1.807) is 28.8 Å². The van der Waals surface area contributed by atoms with E-state index in [4.69, 9.17) is 33.7 Å². The first-order chi connectivity index (χ1) is 12.8. The van der Waals surface area contributed by atoms with Gasteiger partial charge >= 0.3 is 0 Å². The minimum Gasteiger partial charge on any atom is -0.440 e. The summed E-state index contributed by atoms with van der Waals surface area (Å²) in [7, 11) is 0. The van der Waals surface area contributed by atoms with Crippen LogP contribution in [0.15, 0.2) is 40.5 Å². The van der Waals surface area contributed by atoms with Crippen molar-refractivity contribution in [2.45, 2.75) is 33.2 Å². The van der Waals surface area contributed by atoms with Gasteiger partial charge in [0.2, 0.25) is 5.88 Å². The molecule has 2 aromatic rings. The Kier molecular flexibility index (Phi) is 5.23. The van der Waals surface area contributed by atoms with Crippen molar-refractivity contribution in [3.05, 3.63) is 72.9 Å². The van der Waals surface area contributed by atoms with E-state index in [1.807, 2.05) is 20.8 Å². The highest BCUT2D eigenvalue weighted by Crippen LogP contribution is 2.45. The van der Waals surface area contributed by atoms with E-state index >= 15 is 0 Å². The number of rotatable bonds is 3. The largest absolute Gasteiger partial charge is 0.440 e. The number of hydrogen-bond donors (Lipinski definition) is 1. The van der Waals surface area contributed by atoms with Crippen molar-refractivity contribution >= 4 is 23.2 Å². The van der Waals surface area contributed by atoms with E-state index in [1.165, 1.54) is 0 Å². The van der Waals surface area contributed by atoms with Crippen LogP contribution in [0.25, 0.3) is 0 Å². The number of hydrogen-bond acceptors (Lipinski definition) is 4. The Labute approximate surface area is 167 Å². The summed E-state index contributed by atoms with van der Waals surface area (Å²) in [5, 5.41) is 10.4. The van der Waals surface area contributed by atoms with Gasteiger partial charge < -0.3 is 15.0 Å². The van der Waals surface area contributed by atoms with Crippen LogP contribution in [-0.2, 0) is 6.54 Å². The fourth-order valence-corrected chi connectivity index (χ4v) is 3.97. The highest BCUT2D eigenvalue weighted by atomic mass is 35.5. The van der Waals surface area contributed by atoms with E-state index in [2.05, 4.69) is 6.07 Å². The minimum atomic E-state index is -0.786. The zero-order valence-corrected chi connectivity index (χ0v) is 16.7. The van der Waals surface area contributed by atoms with Crippen molar-refractivity contribution in [1.29, 1.82) is 5.26 Å². The van der Waals surface area contributed by atoms with Crippen molar-refractivity contribution in [3.8, 4) is 11.8 Å². The van der Waals surface area contributed by atoms with Crippen molar-refractivity contribution < 1.29 is 4.74 Å². The molecule has 0 spiro atoms. The Balaban J connectivity index is 2.38. The lowest BCUT2D eigenvalue weighted by molar-refractivity contribution is 0.386. The summed E-state index contributed by atoms with van der Waals surface area (Å²) < 4.78 is 7.31. The zero-order chi connectivity index (χ0) is 19.9. The van der Waals surface area contributed by atoms with Crippen LogP contribution in [0.2, 0.25) is 10.0 Å². The molecular formula is C20H19Cl2N3O2. The molecule has 3 rings (SSSR count). The molecule has 1 aliphatic heterocycles. The van der Waals surface area contributed by atoms with Gasteiger partial charge in [0.05, 0.1) is 11.5 Å². The van der Waals surface area contributed by atoms with Gasteiger partial charge in [0.15, 0.2) is 0 Å². The molecule has 2 N–H and O–H groups in total. The first kappa shape index (κ1) is 19.3. The van der Waals surface area contributed by atoms with Gasteiger partial charge in [-0.25, -0.2) is 0 Å². The Hall–Kier alpha value is -2.42.